The standard InChI is InChI=1S/C29H28ClF3N2O5S/c1-19-17-35(15-12-28(19,36)20-6-8-21(30)9-7-20)14-3-5-23-24-4-2-13-34-26(24)18-39-27-11-10-22(16-25(23)27)40-41(37,38)29(31,32)33/h2,4-11,13,16,19,36H,3,12,14-15,17-18H2,1H3/b23-5+. The Balaban J connectivity index is 1.38. The first-order valence-electron chi connectivity index (χ1n) is 13.0. The predicted molar refractivity (Wildman–Crippen MR) is 148 cm³/mol. The highest BCUT2D eigenvalue weighted by molar-refractivity contribution is 7.88. The molecule has 2 unspecified atom stereocenters. The Kier molecular flexibility index (Phi) is 8.08. The number of hydrogen-bond acceptors (Lipinski definition) is 7. The topological polar surface area (TPSA) is 89.0 Å². The minimum absolute atomic E-state index is 0.0442. The Labute approximate surface area is 241 Å². The first-order valence-corrected chi connectivity index (χ1v) is 14.8. The minimum Gasteiger partial charge on any atom is -0.487 e. The molecule has 218 valence electrons. The molecule has 1 aromatic heterocycles. The van der Waals surface area contributed by atoms with Crippen molar-refractivity contribution in [2.45, 2.75) is 37.5 Å². The van der Waals surface area contributed by atoms with Gasteiger partial charge in [-0.15, -0.1) is 0 Å². The summed E-state index contributed by atoms with van der Waals surface area (Å²) in [4.78, 5) is 6.65. The van der Waals surface area contributed by atoms with E-state index >= 15 is 0 Å². The number of halogens is 4. The number of benzene rings is 2. The Morgan fingerprint density at radius 2 is 1.95 bits per heavy atom. The lowest BCUT2D eigenvalue weighted by Gasteiger charge is -2.43. The van der Waals surface area contributed by atoms with Gasteiger partial charge in [0, 0.05) is 47.9 Å². The van der Waals surface area contributed by atoms with Crippen LogP contribution in [0, 0.1) is 5.92 Å². The summed E-state index contributed by atoms with van der Waals surface area (Å²) < 4.78 is 72.4. The van der Waals surface area contributed by atoms with Gasteiger partial charge < -0.3 is 18.9 Å². The summed E-state index contributed by atoms with van der Waals surface area (Å²) >= 11 is 6.02. The van der Waals surface area contributed by atoms with Crippen molar-refractivity contribution in [1.82, 2.24) is 9.88 Å². The van der Waals surface area contributed by atoms with Crippen molar-refractivity contribution >= 4 is 27.3 Å². The van der Waals surface area contributed by atoms with Crippen LogP contribution in [0.5, 0.6) is 11.5 Å². The highest BCUT2D eigenvalue weighted by Gasteiger charge is 2.48. The smallest absolute Gasteiger partial charge is 0.487 e. The van der Waals surface area contributed by atoms with Crippen LogP contribution >= 0.6 is 11.6 Å². The number of aliphatic hydroxyl groups is 1. The zero-order valence-electron chi connectivity index (χ0n) is 22.1. The molecule has 0 spiro atoms. The monoisotopic (exact) mass is 608 g/mol. The van der Waals surface area contributed by atoms with Gasteiger partial charge >= 0.3 is 15.6 Å². The number of piperidine rings is 1. The number of pyridine rings is 1. The molecule has 3 aromatic rings. The van der Waals surface area contributed by atoms with E-state index in [1.165, 1.54) is 12.1 Å². The highest BCUT2D eigenvalue weighted by atomic mass is 35.5. The number of nitrogens with zero attached hydrogens (tertiary/aromatic N) is 2. The fourth-order valence-corrected chi connectivity index (χ4v) is 5.92. The van der Waals surface area contributed by atoms with Gasteiger partial charge in [-0.1, -0.05) is 42.8 Å². The second-order valence-electron chi connectivity index (χ2n) is 10.2. The van der Waals surface area contributed by atoms with Crippen molar-refractivity contribution in [3.63, 3.8) is 0 Å². The molecule has 5 rings (SSSR count). The average molecular weight is 609 g/mol. The number of aromatic nitrogens is 1. The number of ether oxygens (including phenoxy) is 1. The lowest BCUT2D eigenvalue weighted by Crippen LogP contribution is -2.49. The van der Waals surface area contributed by atoms with Crippen molar-refractivity contribution in [1.29, 1.82) is 0 Å². The van der Waals surface area contributed by atoms with E-state index in [9.17, 15) is 26.7 Å². The molecular weight excluding hydrogens is 581 g/mol. The Morgan fingerprint density at radius 1 is 1.20 bits per heavy atom. The summed E-state index contributed by atoms with van der Waals surface area (Å²) in [7, 11) is -5.84. The molecule has 1 N–H and O–H groups in total. The van der Waals surface area contributed by atoms with Crippen LogP contribution in [0.4, 0.5) is 13.2 Å². The maximum Gasteiger partial charge on any atom is 0.534 e. The van der Waals surface area contributed by atoms with Gasteiger partial charge in [-0.2, -0.15) is 21.6 Å². The summed E-state index contributed by atoms with van der Waals surface area (Å²) in [5.74, 6) is -0.155. The molecule has 2 atom stereocenters. The molecule has 3 heterocycles. The number of rotatable bonds is 6. The third-order valence-corrected chi connectivity index (χ3v) is 8.80. The van der Waals surface area contributed by atoms with E-state index in [1.807, 2.05) is 31.2 Å². The molecule has 0 amide bonds. The van der Waals surface area contributed by atoms with Crippen LogP contribution in [-0.2, 0) is 22.3 Å². The van der Waals surface area contributed by atoms with Crippen LogP contribution in [-0.4, -0.2) is 48.6 Å². The number of alkyl halides is 3. The Bertz CT molecular complexity index is 1560. The van der Waals surface area contributed by atoms with Crippen molar-refractivity contribution in [3.05, 3.63) is 94.3 Å². The summed E-state index contributed by atoms with van der Waals surface area (Å²) in [6.45, 7) is 4.13. The van der Waals surface area contributed by atoms with Crippen LogP contribution in [0.2, 0.25) is 5.02 Å². The molecule has 0 aliphatic carbocycles. The molecule has 0 saturated carbocycles. The van der Waals surface area contributed by atoms with E-state index in [4.69, 9.17) is 16.3 Å². The lowest BCUT2D eigenvalue weighted by atomic mass is 9.77. The first-order chi connectivity index (χ1) is 19.4. The average Bonchev–Trinajstić information content (AvgIpc) is 3.07. The molecule has 2 aliphatic heterocycles. The summed E-state index contributed by atoms with van der Waals surface area (Å²) in [5.41, 5.74) is -3.27. The third-order valence-electron chi connectivity index (χ3n) is 7.57. The molecule has 1 saturated heterocycles. The Morgan fingerprint density at radius 3 is 2.66 bits per heavy atom. The van der Waals surface area contributed by atoms with Crippen molar-refractivity contribution < 1.29 is 35.6 Å². The second kappa shape index (κ2) is 11.3. The van der Waals surface area contributed by atoms with Crippen LogP contribution in [0.3, 0.4) is 0 Å². The fourth-order valence-electron chi connectivity index (χ4n) is 5.35. The Hall–Kier alpha value is -3.12. The van der Waals surface area contributed by atoms with Gasteiger partial charge in [-0.05, 0) is 60.4 Å². The zero-order chi connectivity index (χ0) is 29.4. The maximum atomic E-state index is 12.9. The van der Waals surface area contributed by atoms with Gasteiger partial charge in [-0.3, -0.25) is 4.98 Å². The zero-order valence-corrected chi connectivity index (χ0v) is 23.6. The molecule has 0 radical (unpaired) electrons. The van der Waals surface area contributed by atoms with E-state index < -0.39 is 27.0 Å². The molecular formula is C29H28ClF3N2O5S. The van der Waals surface area contributed by atoms with Crippen LogP contribution in [0.25, 0.3) is 5.57 Å². The molecule has 1 fully saturated rings. The first kappa shape index (κ1) is 29.4. The normalized spacial score (nSPS) is 22.4. The lowest BCUT2D eigenvalue weighted by molar-refractivity contribution is -0.0706. The van der Waals surface area contributed by atoms with Crippen LogP contribution < -0.4 is 8.92 Å². The molecule has 0 bridgehead atoms. The van der Waals surface area contributed by atoms with Crippen LogP contribution in [0.15, 0.2) is 66.9 Å². The summed E-state index contributed by atoms with van der Waals surface area (Å²) in [6, 6.07) is 14.6. The number of likely N-dealkylation sites (tertiary alicyclic amines) is 1. The maximum absolute atomic E-state index is 12.9. The van der Waals surface area contributed by atoms with E-state index in [2.05, 4.69) is 14.1 Å². The quantitative estimate of drug-likeness (QED) is 0.275. The predicted octanol–water partition coefficient (Wildman–Crippen LogP) is 5.91. The van der Waals surface area contributed by atoms with Gasteiger partial charge in [0.2, 0.25) is 0 Å². The third kappa shape index (κ3) is 6.08. The van der Waals surface area contributed by atoms with Crippen molar-refractivity contribution in [2.24, 2.45) is 5.92 Å². The fraction of sp³-hybridized carbons (Fsp3) is 0.345. The van der Waals surface area contributed by atoms with Gasteiger partial charge in [-0.25, -0.2) is 0 Å². The van der Waals surface area contributed by atoms with Gasteiger partial charge in [0.1, 0.15) is 18.1 Å². The molecule has 12 heteroatoms. The van der Waals surface area contributed by atoms with Gasteiger partial charge in [0.15, 0.2) is 0 Å². The number of fused-ring (bicyclic) bond motifs is 2. The summed E-state index contributed by atoms with van der Waals surface area (Å²) in [5, 5.41) is 12.0. The molecule has 7 nitrogen and oxygen atoms in total. The van der Waals surface area contributed by atoms with Gasteiger partial charge in [0.05, 0.1) is 11.3 Å². The van der Waals surface area contributed by atoms with E-state index in [-0.39, 0.29) is 12.5 Å². The molecule has 41 heavy (non-hydrogen) atoms. The minimum atomic E-state index is -5.84. The highest BCUT2D eigenvalue weighted by Crippen LogP contribution is 2.40. The SMILES string of the molecule is CC1CN(CC/C=C2/c3cc(OS(=O)(=O)C(F)(F)F)ccc3OCc3ncccc32)CCC1(O)c1ccc(Cl)cc1. The summed E-state index contributed by atoms with van der Waals surface area (Å²) in [6.07, 6.45) is 4.68. The molecule has 2 aromatic carbocycles. The second-order valence-corrected chi connectivity index (χ2v) is 12.2. The molecule has 2 aliphatic rings. The van der Waals surface area contributed by atoms with Crippen LogP contribution in [0.1, 0.15) is 42.1 Å². The largest absolute Gasteiger partial charge is 0.534 e. The van der Waals surface area contributed by atoms with Gasteiger partial charge in [0.25, 0.3) is 0 Å². The van der Waals surface area contributed by atoms with E-state index in [0.717, 1.165) is 17.2 Å². The number of hydrogen-bond donors (Lipinski definition) is 1. The van der Waals surface area contributed by atoms with E-state index in [0.29, 0.717) is 60.1 Å². The van der Waals surface area contributed by atoms with Crippen molar-refractivity contribution in [3.8, 4) is 11.5 Å². The van der Waals surface area contributed by atoms with E-state index in [1.54, 1.807) is 24.4 Å². The van der Waals surface area contributed by atoms with Crippen molar-refractivity contribution in [2.75, 3.05) is 19.6 Å².